The summed E-state index contributed by atoms with van der Waals surface area (Å²) in [4.78, 5) is 3.84. The van der Waals surface area contributed by atoms with E-state index in [1.807, 2.05) is 0 Å². The Bertz CT molecular complexity index is 354. The highest BCUT2D eigenvalue weighted by Crippen LogP contribution is 2.31. The first-order chi connectivity index (χ1) is 8.34. The summed E-state index contributed by atoms with van der Waals surface area (Å²) in [6, 6.07) is 5.00. The number of nitrogens with two attached hydrogens (primary N) is 1. The van der Waals surface area contributed by atoms with Gasteiger partial charge in [0.1, 0.15) is 0 Å². The molecule has 3 unspecified atom stereocenters. The minimum Gasteiger partial charge on any atom is -0.375 e. The number of morpholine rings is 1. The molecule has 0 aromatic carbocycles. The third-order valence-corrected chi connectivity index (χ3v) is 4.94. The standard InChI is InChI=1S/C13H20N2OS/c14-10(13-5-2-8-17-13)9-15-6-7-16-12-4-1-3-11(12)15/h2,5,8,10-12H,1,3-4,6-7,9,14H2. The average Bonchev–Trinajstić information content (AvgIpc) is 3.00. The lowest BCUT2D eigenvalue weighted by molar-refractivity contribution is -0.0571. The Morgan fingerprint density at radius 3 is 3.29 bits per heavy atom. The van der Waals surface area contributed by atoms with Gasteiger partial charge in [0.15, 0.2) is 0 Å². The third-order valence-electron chi connectivity index (χ3n) is 3.94. The maximum atomic E-state index is 6.28. The van der Waals surface area contributed by atoms with E-state index in [-0.39, 0.29) is 6.04 Å². The van der Waals surface area contributed by atoms with E-state index in [4.69, 9.17) is 10.5 Å². The normalized spacial score (nSPS) is 31.4. The molecule has 0 spiro atoms. The van der Waals surface area contributed by atoms with Gasteiger partial charge in [-0.3, -0.25) is 4.90 Å². The molecule has 2 N–H and O–H groups in total. The van der Waals surface area contributed by atoms with Crippen LogP contribution in [0.3, 0.4) is 0 Å². The van der Waals surface area contributed by atoms with E-state index in [0.29, 0.717) is 12.1 Å². The number of fused-ring (bicyclic) bond motifs is 1. The molecular formula is C13H20N2OS. The van der Waals surface area contributed by atoms with Crippen LogP contribution in [0.4, 0.5) is 0 Å². The molecule has 1 aliphatic heterocycles. The number of hydrogen-bond donors (Lipinski definition) is 1. The molecule has 0 bridgehead atoms. The molecule has 2 fully saturated rings. The second kappa shape index (κ2) is 5.06. The molecule has 1 saturated carbocycles. The highest BCUT2D eigenvalue weighted by molar-refractivity contribution is 7.10. The van der Waals surface area contributed by atoms with Crippen molar-refractivity contribution in [2.75, 3.05) is 19.7 Å². The van der Waals surface area contributed by atoms with E-state index in [2.05, 4.69) is 22.4 Å². The van der Waals surface area contributed by atoms with Crippen LogP contribution in [0.25, 0.3) is 0 Å². The van der Waals surface area contributed by atoms with Gasteiger partial charge >= 0.3 is 0 Å². The highest BCUT2D eigenvalue weighted by atomic mass is 32.1. The van der Waals surface area contributed by atoms with Gasteiger partial charge in [-0.25, -0.2) is 0 Å². The summed E-state index contributed by atoms with van der Waals surface area (Å²) in [6.07, 6.45) is 4.29. The van der Waals surface area contributed by atoms with Crippen molar-refractivity contribution >= 4 is 11.3 Å². The molecule has 4 heteroatoms. The first-order valence-electron chi connectivity index (χ1n) is 6.49. The Hall–Kier alpha value is -0.420. The first kappa shape index (κ1) is 11.7. The molecule has 1 aromatic rings. The molecule has 3 atom stereocenters. The summed E-state index contributed by atoms with van der Waals surface area (Å²) in [5.74, 6) is 0. The largest absolute Gasteiger partial charge is 0.375 e. The lowest BCUT2D eigenvalue weighted by Crippen LogP contribution is -2.50. The minimum absolute atomic E-state index is 0.161. The maximum Gasteiger partial charge on any atom is 0.0730 e. The molecular weight excluding hydrogens is 232 g/mol. The van der Waals surface area contributed by atoms with Crippen molar-refractivity contribution in [2.45, 2.75) is 37.5 Å². The fourth-order valence-corrected chi connectivity index (χ4v) is 3.80. The molecule has 0 amide bonds. The van der Waals surface area contributed by atoms with Crippen LogP contribution in [0.15, 0.2) is 17.5 Å². The second-order valence-electron chi connectivity index (χ2n) is 5.02. The predicted molar refractivity (Wildman–Crippen MR) is 70.2 cm³/mol. The van der Waals surface area contributed by atoms with Crippen molar-refractivity contribution < 1.29 is 4.74 Å². The maximum absolute atomic E-state index is 6.28. The van der Waals surface area contributed by atoms with Gasteiger partial charge in [-0.2, -0.15) is 0 Å². The Kier molecular flexibility index (Phi) is 3.47. The molecule has 1 saturated heterocycles. The summed E-state index contributed by atoms with van der Waals surface area (Å²) in [7, 11) is 0. The van der Waals surface area contributed by atoms with Crippen LogP contribution in [0, 0.1) is 0 Å². The Morgan fingerprint density at radius 2 is 2.47 bits per heavy atom. The molecule has 1 aliphatic carbocycles. The van der Waals surface area contributed by atoms with Crippen molar-refractivity contribution in [3.63, 3.8) is 0 Å². The van der Waals surface area contributed by atoms with E-state index in [1.165, 1.54) is 24.1 Å². The van der Waals surface area contributed by atoms with Crippen molar-refractivity contribution in [3.8, 4) is 0 Å². The lowest BCUT2D eigenvalue weighted by Gasteiger charge is -2.38. The van der Waals surface area contributed by atoms with E-state index < -0.39 is 0 Å². The zero-order valence-electron chi connectivity index (χ0n) is 10.0. The SMILES string of the molecule is NC(CN1CCOC2CCCC21)c1cccs1. The van der Waals surface area contributed by atoms with Gasteiger partial charge < -0.3 is 10.5 Å². The molecule has 2 heterocycles. The topological polar surface area (TPSA) is 38.5 Å². The van der Waals surface area contributed by atoms with Crippen molar-refractivity contribution in [1.82, 2.24) is 4.90 Å². The molecule has 3 rings (SSSR count). The fourth-order valence-electron chi connectivity index (χ4n) is 3.08. The first-order valence-corrected chi connectivity index (χ1v) is 7.37. The van der Waals surface area contributed by atoms with Crippen LogP contribution in [0.1, 0.15) is 30.2 Å². The van der Waals surface area contributed by atoms with Gasteiger partial charge in [-0.1, -0.05) is 6.07 Å². The van der Waals surface area contributed by atoms with Gasteiger partial charge in [-0.05, 0) is 30.7 Å². The summed E-state index contributed by atoms with van der Waals surface area (Å²) in [6.45, 7) is 2.89. The molecule has 17 heavy (non-hydrogen) atoms. The highest BCUT2D eigenvalue weighted by Gasteiger charge is 2.36. The number of thiophene rings is 1. The van der Waals surface area contributed by atoms with E-state index in [0.717, 1.165) is 19.7 Å². The summed E-state index contributed by atoms with van der Waals surface area (Å²) < 4.78 is 5.82. The van der Waals surface area contributed by atoms with Gasteiger partial charge in [-0.15, -0.1) is 11.3 Å². The summed E-state index contributed by atoms with van der Waals surface area (Å²) in [5, 5.41) is 2.10. The molecule has 2 aliphatic rings. The third kappa shape index (κ3) is 2.40. The Balaban J connectivity index is 1.64. The number of ether oxygens (including phenoxy) is 1. The van der Waals surface area contributed by atoms with Crippen LogP contribution in [0.2, 0.25) is 0 Å². The number of hydrogen-bond acceptors (Lipinski definition) is 4. The Labute approximate surface area is 107 Å². The fraction of sp³-hybridized carbons (Fsp3) is 0.692. The zero-order valence-corrected chi connectivity index (χ0v) is 10.9. The van der Waals surface area contributed by atoms with Crippen molar-refractivity contribution in [2.24, 2.45) is 5.73 Å². The average molecular weight is 252 g/mol. The van der Waals surface area contributed by atoms with Crippen molar-refractivity contribution in [1.29, 1.82) is 0 Å². The van der Waals surface area contributed by atoms with Crippen LogP contribution < -0.4 is 5.73 Å². The monoisotopic (exact) mass is 252 g/mol. The van der Waals surface area contributed by atoms with Crippen LogP contribution in [-0.2, 0) is 4.74 Å². The smallest absolute Gasteiger partial charge is 0.0730 e. The van der Waals surface area contributed by atoms with Crippen LogP contribution in [-0.4, -0.2) is 36.7 Å². The van der Waals surface area contributed by atoms with Gasteiger partial charge in [0.05, 0.1) is 18.8 Å². The molecule has 3 nitrogen and oxygen atoms in total. The van der Waals surface area contributed by atoms with E-state index in [1.54, 1.807) is 11.3 Å². The molecule has 0 radical (unpaired) electrons. The van der Waals surface area contributed by atoms with Crippen LogP contribution in [0.5, 0.6) is 0 Å². The predicted octanol–water partition coefficient (Wildman–Crippen LogP) is 2.00. The Morgan fingerprint density at radius 1 is 1.53 bits per heavy atom. The summed E-state index contributed by atoms with van der Waals surface area (Å²) >= 11 is 1.76. The molecule has 94 valence electrons. The van der Waals surface area contributed by atoms with E-state index >= 15 is 0 Å². The zero-order chi connectivity index (χ0) is 11.7. The number of rotatable bonds is 3. The van der Waals surface area contributed by atoms with Gasteiger partial charge in [0.25, 0.3) is 0 Å². The van der Waals surface area contributed by atoms with Gasteiger partial charge in [0.2, 0.25) is 0 Å². The van der Waals surface area contributed by atoms with E-state index in [9.17, 15) is 0 Å². The lowest BCUT2D eigenvalue weighted by atomic mass is 10.1. The molecule has 1 aromatic heterocycles. The van der Waals surface area contributed by atoms with Crippen molar-refractivity contribution in [3.05, 3.63) is 22.4 Å². The second-order valence-corrected chi connectivity index (χ2v) is 6.00. The summed E-state index contributed by atoms with van der Waals surface area (Å²) in [5.41, 5.74) is 6.28. The van der Waals surface area contributed by atoms with Crippen LogP contribution >= 0.6 is 11.3 Å². The quantitative estimate of drug-likeness (QED) is 0.894. The minimum atomic E-state index is 0.161. The van der Waals surface area contributed by atoms with Gasteiger partial charge in [0, 0.05) is 24.0 Å². The number of nitrogens with zero attached hydrogens (tertiary/aromatic N) is 1.